The molecular weight excluding hydrogens is 536 g/mol. The molecule has 0 atom stereocenters. The molecule has 12 heteroatoms. The molecule has 3 aromatic heterocycles. The Morgan fingerprint density at radius 2 is 1.37 bits per heavy atom. The van der Waals surface area contributed by atoms with Gasteiger partial charge in [-0.1, -0.05) is 39.3 Å². The van der Waals surface area contributed by atoms with E-state index in [-0.39, 0.29) is 16.7 Å². The van der Waals surface area contributed by atoms with Gasteiger partial charge in [0.15, 0.2) is 5.82 Å². The molecule has 3 heterocycles. The third-order valence-corrected chi connectivity index (χ3v) is 5.36. The molecule has 3 aromatic rings. The molecule has 0 amide bonds. The average molecular weight is 569 g/mol. The second-order valence-corrected chi connectivity index (χ2v) is 19.0. The lowest BCUT2D eigenvalue weighted by molar-refractivity contribution is 0.396. The van der Waals surface area contributed by atoms with Crippen molar-refractivity contribution in [3.63, 3.8) is 0 Å². The Kier molecular flexibility index (Phi) is 15.7. The number of nitrogens with one attached hydrogen (secondary N) is 1. The molecule has 200 valence electrons. The summed E-state index contributed by atoms with van der Waals surface area (Å²) in [5, 5.41) is 0.203. The van der Waals surface area contributed by atoms with Gasteiger partial charge in [-0.15, -0.1) is 23.9 Å². The summed E-state index contributed by atoms with van der Waals surface area (Å²) in [6, 6.07) is 4.65. The van der Waals surface area contributed by atoms with Crippen molar-refractivity contribution in [3.8, 4) is 47.5 Å². The number of ether oxygens (including phenoxy) is 2. The normalized spacial score (nSPS) is 9.55. The summed E-state index contributed by atoms with van der Waals surface area (Å²) < 4.78 is 9.74. The first-order valence-electron chi connectivity index (χ1n) is 11.2. The van der Waals surface area contributed by atoms with Crippen LogP contribution in [0.25, 0.3) is 0 Å². The molecule has 0 aromatic carbocycles. The molecule has 0 aliphatic rings. The van der Waals surface area contributed by atoms with E-state index in [2.05, 4.69) is 92.1 Å². The van der Waals surface area contributed by atoms with Crippen molar-refractivity contribution in [3.05, 3.63) is 64.1 Å². The minimum Gasteiger partial charge on any atom is -0.481 e. The van der Waals surface area contributed by atoms with Crippen LogP contribution < -0.4 is 15.0 Å². The molecule has 0 aliphatic heterocycles. The Morgan fingerprint density at radius 1 is 0.842 bits per heavy atom. The number of terminal acetylenes is 2. The molecule has 1 N–H and O–H groups in total. The van der Waals surface area contributed by atoms with Gasteiger partial charge in [0.1, 0.15) is 16.1 Å². The standard InChI is InChI=1S/C10H14N2OSi.C6H4N2O.C5H5ClN2O.C5H10Si/c1-13-10-5-7-11-9(12-10)6-8-14(2,3)4;1-2-5-7-4-3-6(9)8-5;1-9-4-2-3-7-5(6)8-4;1-5-6(2,3)4/h5,7H,1-4H3;1,3-4H,(H,7,8,9);2-3H,1H3;1H,2-4H3. The minimum atomic E-state index is -1.35. The lowest BCUT2D eigenvalue weighted by Crippen LogP contribution is -2.16. The van der Waals surface area contributed by atoms with Crippen LogP contribution in [0.2, 0.25) is 44.6 Å². The van der Waals surface area contributed by atoms with Crippen LogP contribution in [0.5, 0.6) is 11.8 Å². The van der Waals surface area contributed by atoms with Crippen molar-refractivity contribution < 1.29 is 9.47 Å². The summed E-state index contributed by atoms with van der Waals surface area (Å²) >= 11 is 5.42. The SMILES string of the molecule is C#C[Si](C)(C)C.C#Cc1nccc(=O)[nH]1.COc1ccnc(C#C[Si](C)(C)C)n1.COc1ccnc(Cl)n1. The first-order chi connectivity index (χ1) is 17.7. The average Bonchev–Trinajstić information content (AvgIpc) is 2.88. The zero-order valence-electron chi connectivity index (χ0n) is 23.0. The highest BCUT2D eigenvalue weighted by atomic mass is 35.5. The van der Waals surface area contributed by atoms with E-state index in [1.54, 1.807) is 25.4 Å². The number of hydrogen-bond acceptors (Lipinski definition) is 8. The fourth-order valence-electron chi connectivity index (χ4n) is 1.64. The topological polar surface area (TPSA) is 116 Å². The zero-order valence-corrected chi connectivity index (χ0v) is 25.7. The number of rotatable bonds is 2. The van der Waals surface area contributed by atoms with Crippen molar-refractivity contribution in [1.82, 2.24) is 29.9 Å². The van der Waals surface area contributed by atoms with E-state index in [9.17, 15) is 4.79 Å². The molecule has 0 radical (unpaired) electrons. The Labute approximate surface area is 231 Å². The first kappa shape index (κ1) is 34.0. The number of hydrogen-bond donors (Lipinski definition) is 1. The number of H-pyrrole nitrogens is 1. The van der Waals surface area contributed by atoms with Crippen LogP contribution in [-0.4, -0.2) is 60.3 Å². The predicted octanol–water partition coefficient (Wildman–Crippen LogP) is 4.10. The van der Waals surface area contributed by atoms with E-state index in [1.807, 2.05) is 0 Å². The number of methoxy groups -OCH3 is 2. The van der Waals surface area contributed by atoms with Crippen molar-refractivity contribution in [2.45, 2.75) is 39.3 Å². The first-order valence-corrected chi connectivity index (χ1v) is 18.5. The third kappa shape index (κ3) is 18.3. The Hall–Kier alpha value is -3.96. The van der Waals surface area contributed by atoms with Gasteiger partial charge in [-0.3, -0.25) is 9.78 Å². The maximum absolute atomic E-state index is 10.5. The van der Waals surface area contributed by atoms with Crippen LogP contribution in [0.4, 0.5) is 0 Å². The second kappa shape index (κ2) is 17.5. The van der Waals surface area contributed by atoms with E-state index >= 15 is 0 Å². The monoisotopic (exact) mass is 568 g/mol. The van der Waals surface area contributed by atoms with Crippen LogP contribution in [-0.2, 0) is 0 Å². The second-order valence-electron chi connectivity index (χ2n) is 9.11. The van der Waals surface area contributed by atoms with Crippen molar-refractivity contribution in [2.75, 3.05) is 14.2 Å². The van der Waals surface area contributed by atoms with E-state index in [0.29, 0.717) is 17.6 Å². The van der Waals surface area contributed by atoms with Gasteiger partial charge in [-0.2, -0.15) is 9.97 Å². The number of halogens is 1. The van der Waals surface area contributed by atoms with E-state index in [1.165, 1.54) is 25.6 Å². The van der Waals surface area contributed by atoms with Crippen molar-refractivity contribution in [2.24, 2.45) is 0 Å². The quantitative estimate of drug-likeness (QED) is 0.279. The van der Waals surface area contributed by atoms with Gasteiger partial charge in [-0.05, 0) is 23.4 Å². The summed E-state index contributed by atoms with van der Waals surface area (Å²) in [6.45, 7) is 13.0. The summed E-state index contributed by atoms with van der Waals surface area (Å²) in [5.74, 6) is 7.01. The highest BCUT2D eigenvalue weighted by Crippen LogP contribution is 2.06. The Balaban J connectivity index is 0.000000503. The van der Waals surface area contributed by atoms with Gasteiger partial charge in [0.25, 0.3) is 5.56 Å². The molecular formula is C26H33ClN6O3Si2. The Morgan fingerprint density at radius 3 is 1.76 bits per heavy atom. The van der Waals surface area contributed by atoms with Crippen LogP contribution in [0.15, 0.2) is 41.6 Å². The summed E-state index contributed by atoms with van der Waals surface area (Å²) in [5.41, 5.74) is 5.72. The van der Waals surface area contributed by atoms with Gasteiger partial charge in [0.2, 0.25) is 22.9 Å². The van der Waals surface area contributed by atoms with E-state index in [4.69, 9.17) is 33.9 Å². The van der Waals surface area contributed by atoms with Gasteiger partial charge < -0.3 is 9.47 Å². The molecule has 0 saturated carbocycles. The smallest absolute Gasteiger partial charge is 0.251 e. The molecule has 38 heavy (non-hydrogen) atoms. The lowest BCUT2D eigenvalue weighted by Gasteiger charge is -2.03. The van der Waals surface area contributed by atoms with Crippen LogP contribution in [0.3, 0.4) is 0 Å². The highest BCUT2D eigenvalue weighted by Gasteiger charge is 2.08. The fourth-order valence-corrected chi connectivity index (χ4v) is 2.26. The highest BCUT2D eigenvalue weighted by molar-refractivity contribution is 6.84. The van der Waals surface area contributed by atoms with E-state index < -0.39 is 16.1 Å². The van der Waals surface area contributed by atoms with Crippen molar-refractivity contribution in [1.29, 1.82) is 0 Å². The van der Waals surface area contributed by atoms with Crippen LogP contribution >= 0.6 is 11.6 Å². The number of nitrogens with zero attached hydrogens (tertiary/aromatic N) is 5. The maximum Gasteiger partial charge on any atom is 0.251 e. The third-order valence-electron chi connectivity index (χ3n) is 3.44. The Bertz CT molecular complexity index is 1340. The molecule has 0 bridgehead atoms. The van der Waals surface area contributed by atoms with Crippen LogP contribution in [0, 0.1) is 35.8 Å². The molecule has 0 spiro atoms. The number of aromatic nitrogens is 6. The molecule has 0 saturated heterocycles. The zero-order chi connectivity index (χ0) is 29.2. The largest absolute Gasteiger partial charge is 0.481 e. The molecule has 0 fully saturated rings. The van der Waals surface area contributed by atoms with Gasteiger partial charge in [0, 0.05) is 36.8 Å². The molecule has 9 nitrogen and oxygen atoms in total. The van der Waals surface area contributed by atoms with Crippen molar-refractivity contribution >= 4 is 27.7 Å². The fraction of sp³-hybridized carbons (Fsp3) is 0.308. The van der Waals surface area contributed by atoms with Crippen LogP contribution in [0.1, 0.15) is 11.6 Å². The molecule has 0 aliphatic carbocycles. The maximum atomic E-state index is 10.5. The summed E-state index contributed by atoms with van der Waals surface area (Å²) in [4.78, 5) is 32.0. The lowest BCUT2D eigenvalue weighted by atomic mass is 10.5. The predicted molar refractivity (Wildman–Crippen MR) is 157 cm³/mol. The van der Waals surface area contributed by atoms with Gasteiger partial charge in [-0.25, -0.2) is 15.0 Å². The summed E-state index contributed by atoms with van der Waals surface area (Å²) in [7, 11) is 0.655. The number of aromatic amines is 1. The van der Waals surface area contributed by atoms with E-state index in [0.717, 1.165) is 0 Å². The van der Waals surface area contributed by atoms with Gasteiger partial charge >= 0.3 is 0 Å². The molecule has 0 unspecified atom stereocenters. The minimum absolute atomic E-state index is 0.203. The van der Waals surface area contributed by atoms with Gasteiger partial charge in [0.05, 0.1) is 14.2 Å². The molecule has 3 rings (SSSR count). The summed E-state index contributed by atoms with van der Waals surface area (Å²) in [6.07, 6.45) is 14.6.